The second-order valence-corrected chi connectivity index (χ2v) is 7.29. The summed E-state index contributed by atoms with van der Waals surface area (Å²) in [6.07, 6.45) is 2.06. The van der Waals surface area contributed by atoms with E-state index in [9.17, 15) is 17.6 Å². The average Bonchev–Trinajstić information content (AvgIpc) is 2.95. The third-order valence-electron chi connectivity index (χ3n) is 3.56. The molecule has 0 N–H and O–H groups in total. The summed E-state index contributed by atoms with van der Waals surface area (Å²) in [4.78, 5) is 11.6. The molecule has 0 aliphatic rings. The molecule has 0 unspecified atom stereocenters. The van der Waals surface area contributed by atoms with Gasteiger partial charge in [-0.15, -0.1) is 0 Å². The summed E-state index contributed by atoms with van der Waals surface area (Å²) in [5, 5.41) is 8.99. The van der Waals surface area contributed by atoms with Crippen LogP contribution in [0.4, 0.5) is 4.39 Å². The molecule has 3 aromatic rings. The van der Waals surface area contributed by atoms with Gasteiger partial charge in [-0.25, -0.2) is 22.2 Å². The highest BCUT2D eigenvalue weighted by Crippen LogP contribution is 2.26. The number of rotatable bonds is 3. The highest BCUT2D eigenvalue weighted by molar-refractivity contribution is 7.90. The predicted octanol–water partition coefficient (Wildman–Crippen LogP) is 2.51. The van der Waals surface area contributed by atoms with Gasteiger partial charge in [-0.3, -0.25) is 0 Å². The molecule has 126 valence electrons. The number of benzene rings is 2. The molecule has 0 aliphatic carbocycles. The molecule has 0 spiro atoms. The molecule has 0 radical (unpaired) electrons. The minimum absolute atomic E-state index is 0.235. The van der Waals surface area contributed by atoms with E-state index in [0.717, 1.165) is 24.7 Å². The second-order valence-electron chi connectivity index (χ2n) is 5.30. The van der Waals surface area contributed by atoms with Gasteiger partial charge < -0.3 is 4.42 Å². The molecule has 2 aromatic carbocycles. The van der Waals surface area contributed by atoms with Crippen molar-refractivity contribution in [3.63, 3.8) is 0 Å². The normalized spacial score (nSPS) is 11.2. The first kappa shape index (κ1) is 16.7. The van der Waals surface area contributed by atoms with Crippen molar-refractivity contribution in [3.05, 3.63) is 70.7 Å². The minimum atomic E-state index is -3.70. The molecule has 0 amide bonds. The van der Waals surface area contributed by atoms with Crippen molar-refractivity contribution in [1.82, 2.24) is 4.57 Å². The number of hydrogen-bond acceptors (Lipinski definition) is 5. The fourth-order valence-electron chi connectivity index (χ4n) is 2.43. The van der Waals surface area contributed by atoms with E-state index in [4.69, 9.17) is 9.68 Å². The molecule has 0 saturated heterocycles. The van der Waals surface area contributed by atoms with Gasteiger partial charge in [0, 0.05) is 11.8 Å². The van der Waals surface area contributed by atoms with Crippen molar-refractivity contribution in [2.24, 2.45) is 0 Å². The topological polar surface area (TPSA) is 93.1 Å². The second kappa shape index (κ2) is 6.03. The summed E-state index contributed by atoms with van der Waals surface area (Å²) >= 11 is 0. The average molecular weight is 358 g/mol. The first-order valence-electron chi connectivity index (χ1n) is 7.02. The fraction of sp³-hybridized carbons (Fsp3) is 0.0588. The number of halogens is 1. The maximum atomic E-state index is 14.2. The summed E-state index contributed by atoms with van der Waals surface area (Å²) in [7, 11) is -3.70. The third kappa shape index (κ3) is 3.09. The van der Waals surface area contributed by atoms with Gasteiger partial charge in [-0.1, -0.05) is 12.1 Å². The van der Waals surface area contributed by atoms with Gasteiger partial charge >= 0.3 is 5.76 Å². The number of nitrogens with zero attached hydrogens (tertiary/aromatic N) is 2. The van der Waals surface area contributed by atoms with E-state index in [0.29, 0.717) is 11.3 Å². The van der Waals surface area contributed by atoms with E-state index in [2.05, 4.69) is 0 Å². The lowest BCUT2D eigenvalue weighted by Crippen LogP contribution is -2.13. The van der Waals surface area contributed by atoms with Crippen LogP contribution in [0.15, 0.2) is 62.8 Å². The van der Waals surface area contributed by atoms with E-state index in [1.807, 2.05) is 6.07 Å². The Hall–Kier alpha value is -3.18. The summed E-state index contributed by atoms with van der Waals surface area (Å²) < 4.78 is 43.3. The molecule has 25 heavy (non-hydrogen) atoms. The Bertz CT molecular complexity index is 1170. The van der Waals surface area contributed by atoms with Crippen LogP contribution in [0.3, 0.4) is 0 Å². The Morgan fingerprint density at radius 2 is 1.96 bits per heavy atom. The predicted molar refractivity (Wildman–Crippen MR) is 87.5 cm³/mol. The number of nitriles is 1. The maximum absolute atomic E-state index is 14.2. The van der Waals surface area contributed by atoms with Gasteiger partial charge in [0.1, 0.15) is 17.0 Å². The number of aromatic nitrogens is 1. The lowest BCUT2D eigenvalue weighted by atomic mass is 10.1. The SMILES string of the molecule is CS(=O)(=O)c1ccc(-c2coc(=O)n2-c2cccc(C#N)c2)cc1F. The van der Waals surface area contributed by atoms with Crippen LogP contribution in [0.1, 0.15) is 5.56 Å². The summed E-state index contributed by atoms with van der Waals surface area (Å²) in [5.41, 5.74) is 1.22. The zero-order chi connectivity index (χ0) is 18.2. The Kier molecular flexibility index (Phi) is 4.02. The molecule has 0 atom stereocenters. The first-order chi connectivity index (χ1) is 11.8. The van der Waals surface area contributed by atoms with Gasteiger partial charge in [-0.05, 0) is 30.3 Å². The molecular formula is C17H11FN2O4S. The van der Waals surface area contributed by atoms with E-state index in [-0.39, 0.29) is 11.3 Å². The van der Waals surface area contributed by atoms with Crippen LogP contribution in [-0.2, 0) is 9.84 Å². The van der Waals surface area contributed by atoms with E-state index in [1.54, 1.807) is 18.2 Å². The number of hydrogen-bond donors (Lipinski definition) is 0. The minimum Gasteiger partial charge on any atom is -0.415 e. The molecule has 0 bridgehead atoms. The smallest absolute Gasteiger partial charge is 0.415 e. The van der Waals surface area contributed by atoms with Crippen LogP contribution in [0.2, 0.25) is 0 Å². The monoisotopic (exact) mass is 358 g/mol. The van der Waals surface area contributed by atoms with Crippen molar-refractivity contribution in [2.75, 3.05) is 6.26 Å². The van der Waals surface area contributed by atoms with Crippen LogP contribution in [0, 0.1) is 17.1 Å². The van der Waals surface area contributed by atoms with Crippen LogP contribution in [0.25, 0.3) is 16.9 Å². The van der Waals surface area contributed by atoms with Crippen molar-refractivity contribution in [1.29, 1.82) is 5.26 Å². The maximum Gasteiger partial charge on any atom is 0.424 e. The van der Waals surface area contributed by atoms with Crippen LogP contribution >= 0.6 is 0 Å². The van der Waals surface area contributed by atoms with Gasteiger partial charge in [0.05, 0.1) is 23.0 Å². The lowest BCUT2D eigenvalue weighted by molar-refractivity contribution is 0.504. The Labute approximate surface area is 142 Å². The van der Waals surface area contributed by atoms with Gasteiger partial charge in [0.25, 0.3) is 0 Å². The molecule has 1 aromatic heterocycles. The largest absolute Gasteiger partial charge is 0.424 e. The standard InChI is InChI=1S/C17H11FN2O4S/c1-25(22,23)16-6-5-12(8-14(16)18)15-10-24-17(21)20(15)13-4-2-3-11(7-13)9-19/h2-8,10H,1H3. The van der Waals surface area contributed by atoms with Crippen LogP contribution in [-0.4, -0.2) is 19.2 Å². The van der Waals surface area contributed by atoms with Crippen LogP contribution in [0.5, 0.6) is 0 Å². The van der Waals surface area contributed by atoms with Gasteiger partial charge in [0.15, 0.2) is 9.84 Å². The number of oxazole rings is 1. The molecule has 0 saturated carbocycles. The van der Waals surface area contributed by atoms with Crippen molar-refractivity contribution in [3.8, 4) is 23.0 Å². The zero-order valence-corrected chi connectivity index (χ0v) is 13.7. The fourth-order valence-corrected chi connectivity index (χ4v) is 3.16. The van der Waals surface area contributed by atoms with E-state index >= 15 is 0 Å². The molecular weight excluding hydrogens is 347 g/mol. The zero-order valence-electron chi connectivity index (χ0n) is 12.9. The third-order valence-corrected chi connectivity index (χ3v) is 4.69. The molecule has 0 aliphatic heterocycles. The first-order valence-corrected chi connectivity index (χ1v) is 8.91. The summed E-state index contributed by atoms with van der Waals surface area (Å²) in [6.45, 7) is 0. The van der Waals surface area contributed by atoms with E-state index in [1.165, 1.54) is 16.7 Å². The molecule has 8 heteroatoms. The van der Waals surface area contributed by atoms with Crippen molar-refractivity contribution >= 4 is 9.84 Å². The molecule has 1 heterocycles. The van der Waals surface area contributed by atoms with Crippen molar-refractivity contribution in [2.45, 2.75) is 4.90 Å². The number of sulfone groups is 1. The highest BCUT2D eigenvalue weighted by Gasteiger charge is 2.18. The van der Waals surface area contributed by atoms with Crippen LogP contribution < -0.4 is 5.76 Å². The molecule has 6 nitrogen and oxygen atoms in total. The molecule has 0 fully saturated rings. The Morgan fingerprint density at radius 1 is 1.20 bits per heavy atom. The molecule has 3 rings (SSSR count). The van der Waals surface area contributed by atoms with Gasteiger partial charge in [0.2, 0.25) is 0 Å². The quantitative estimate of drug-likeness (QED) is 0.717. The summed E-state index contributed by atoms with van der Waals surface area (Å²) in [5.74, 6) is -1.64. The Balaban J connectivity index is 2.19. The van der Waals surface area contributed by atoms with Crippen molar-refractivity contribution < 1.29 is 17.2 Å². The lowest BCUT2D eigenvalue weighted by Gasteiger charge is -2.08. The van der Waals surface area contributed by atoms with E-state index < -0.39 is 26.3 Å². The Morgan fingerprint density at radius 3 is 2.60 bits per heavy atom. The van der Waals surface area contributed by atoms with Gasteiger partial charge in [-0.2, -0.15) is 5.26 Å². The summed E-state index contributed by atoms with van der Waals surface area (Å²) in [6, 6.07) is 11.8. The highest BCUT2D eigenvalue weighted by atomic mass is 32.2.